The molecule has 0 N–H and O–H groups in total. The minimum absolute atomic E-state index is 0.0630. The molecule has 0 unspecified atom stereocenters. The second kappa shape index (κ2) is 6.65. The molecular formula is C19H24N2O2. The third-order valence-electron chi connectivity index (χ3n) is 5.09. The van der Waals surface area contributed by atoms with Gasteiger partial charge in [0, 0.05) is 24.0 Å². The fraction of sp³-hybridized carbons (Fsp3) is 0.526. The molecule has 1 aliphatic carbocycles. The van der Waals surface area contributed by atoms with E-state index in [1.54, 1.807) is 6.20 Å². The second-order valence-corrected chi connectivity index (χ2v) is 6.86. The summed E-state index contributed by atoms with van der Waals surface area (Å²) < 4.78 is 5.12. The summed E-state index contributed by atoms with van der Waals surface area (Å²) in [6.07, 6.45) is 10.5. The molecule has 0 radical (unpaired) electrons. The fourth-order valence-corrected chi connectivity index (χ4v) is 3.73. The number of hydrogen-bond donors (Lipinski definition) is 0. The average Bonchev–Trinajstić information content (AvgIpc) is 2.55. The lowest BCUT2D eigenvalue weighted by atomic mass is 9.68. The van der Waals surface area contributed by atoms with Gasteiger partial charge in [0.1, 0.15) is 0 Å². The summed E-state index contributed by atoms with van der Waals surface area (Å²) in [7, 11) is 0. The maximum atomic E-state index is 11.8. The molecule has 2 aromatic rings. The Bertz CT molecular complexity index is 685. The lowest BCUT2D eigenvalue weighted by molar-refractivity contribution is -0.146. The van der Waals surface area contributed by atoms with E-state index in [9.17, 15) is 4.79 Å². The first-order valence-corrected chi connectivity index (χ1v) is 8.45. The van der Waals surface area contributed by atoms with Crippen molar-refractivity contribution in [2.24, 2.45) is 5.41 Å². The first-order valence-electron chi connectivity index (χ1n) is 8.45. The van der Waals surface area contributed by atoms with E-state index in [0.717, 1.165) is 36.6 Å². The Balaban J connectivity index is 1.72. The van der Waals surface area contributed by atoms with E-state index in [1.807, 2.05) is 25.4 Å². The van der Waals surface area contributed by atoms with Crippen LogP contribution in [0.4, 0.5) is 0 Å². The Labute approximate surface area is 137 Å². The zero-order chi connectivity index (χ0) is 16.3. The number of fused-ring (bicyclic) bond motifs is 1. The van der Waals surface area contributed by atoms with Crippen molar-refractivity contribution in [2.45, 2.75) is 51.9 Å². The molecule has 0 bridgehead atoms. The number of rotatable bonds is 4. The van der Waals surface area contributed by atoms with Gasteiger partial charge in [-0.25, -0.2) is 0 Å². The van der Waals surface area contributed by atoms with Crippen molar-refractivity contribution in [1.29, 1.82) is 0 Å². The molecule has 1 fully saturated rings. The van der Waals surface area contributed by atoms with Crippen molar-refractivity contribution in [3.05, 3.63) is 36.3 Å². The summed E-state index contributed by atoms with van der Waals surface area (Å²) in [5.41, 5.74) is 2.43. The minimum atomic E-state index is -0.0630. The summed E-state index contributed by atoms with van der Waals surface area (Å²) >= 11 is 0. The molecule has 4 heteroatoms. The summed E-state index contributed by atoms with van der Waals surface area (Å²) in [4.78, 5) is 20.5. The largest absolute Gasteiger partial charge is 0.466 e. The van der Waals surface area contributed by atoms with Crippen LogP contribution in [-0.4, -0.2) is 22.5 Å². The van der Waals surface area contributed by atoms with E-state index in [1.165, 1.54) is 5.56 Å². The van der Waals surface area contributed by atoms with Crippen molar-refractivity contribution in [3.63, 3.8) is 0 Å². The van der Waals surface area contributed by atoms with Crippen LogP contribution < -0.4 is 0 Å². The summed E-state index contributed by atoms with van der Waals surface area (Å²) in [5, 5.41) is 1.16. The van der Waals surface area contributed by atoms with Crippen LogP contribution >= 0.6 is 0 Å². The van der Waals surface area contributed by atoms with Gasteiger partial charge in [-0.3, -0.25) is 14.8 Å². The SMILES string of the molecule is CCOC(=O)CC1(C)CCC(c2ccnc3ccncc23)CC1. The van der Waals surface area contributed by atoms with Crippen LogP contribution in [0, 0.1) is 5.41 Å². The van der Waals surface area contributed by atoms with Gasteiger partial charge in [0.05, 0.1) is 18.5 Å². The lowest BCUT2D eigenvalue weighted by Gasteiger charge is -2.37. The van der Waals surface area contributed by atoms with Crippen LogP contribution in [0.5, 0.6) is 0 Å². The van der Waals surface area contributed by atoms with Crippen molar-refractivity contribution in [1.82, 2.24) is 9.97 Å². The zero-order valence-electron chi connectivity index (χ0n) is 13.9. The van der Waals surface area contributed by atoms with Crippen LogP contribution in [0.2, 0.25) is 0 Å². The molecule has 2 aromatic heterocycles. The number of ether oxygens (including phenoxy) is 1. The molecule has 122 valence electrons. The average molecular weight is 312 g/mol. The van der Waals surface area contributed by atoms with E-state index >= 15 is 0 Å². The fourth-order valence-electron chi connectivity index (χ4n) is 3.73. The maximum absolute atomic E-state index is 11.8. The Morgan fingerprint density at radius 1 is 1.30 bits per heavy atom. The molecule has 2 heterocycles. The molecule has 0 spiro atoms. The number of hydrogen-bond acceptors (Lipinski definition) is 4. The van der Waals surface area contributed by atoms with E-state index in [-0.39, 0.29) is 11.4 Å². The minimum Gasteiger partial charge on any atom is -0.466 e. The molecule has 0 amide bonds. The monoisotopic (exact) mass is 312 g/mol. The highest BCUT2D eigenvalue weighted by molar-refractivity contribution is 5.81. The van der Waals surface area contributed by atoms with Gasteiger partial charge in [-0.15, -0.1) is 0 Å². The van der Waals surface area contributed by atoms with Gasteiger partial charge >= 0.3 is 5.97 Å². The molecule has 0 aliphatic heterocycles. The smallest absolute Gasteiger partial charge is 0.306 e. The Kier molecular flexibility index (Phi) is 4.60. The number of pyridine rings is 2. The standard InChI is InChI=1S/C19H24N2O2/c1-3-23-18(22)12-19(2)8-4-14(5-9-19)15-6-11-21-17-7-10-20-13-16(15)17/h6-7,10-11,13-14H,3-5,8-9,12H2,1-2H3. The van der Waals surface area contributed by atoms with Gasteiger partial charge in [0.25, 0.3) is 0 Å². The first kappa shape index (κ1) is 15.9. The number of aromatic nitrogens is 2. The molecule has 0 atom stereocenters. The molecule has 0 aromatic carbocycles. The summed E-state index contributed by atoms with van der Waals surface area (Å²) in [6, 6.07) is 4.09. The van der Waals surface area contributed by atoms with E-state index < -0.39 is 0 Å². The number of esters is 1. The van der Waals surface area contributed by atoms with E-state index in [4.69, 9.17) is 4.74 Å². The number of carbonyl (C=O) groups excluding carboxylic acids is 1. The summed E-state index contributed by atoms with van der Waals surface area (Å²) in [6.45, 7) is 4.54. The van der Waals surface area contributed by atoms with Crippen molar-refractivity contribution >= 4 is 16.9 Å². The van der Waals surface area contributed by atoms with Crippen LogP contribution in [0.25, 0.3) is 10.9 Å². The van der Waals surface area contributed by atoms with Crippen LogP contribution in [0.15, 0.2) is 30.7 Å². The normalized spacial score (nSPS) is 24.5. The highest BCUT2D eigenvalue weighted by atomic mass is 16.5. The van der Waals surface area contributed by atoms with E-state index in [0.29, 0.717) is 18.9 Å². The van der Waals surface area contributed by atoms with Gasteiger partial charge in [-0.2, -0.15) is 0 Å². The van der Waals surface area contributed by atoms with Gasteiger partial charge < -0.3 is 4.74 Å². The van der Waals surface area contributed by atoms with Crippen molar-refractivity contribution in [2.75, 3.05) is 6.61 Å². The molecule has 4 nitrogen and oxygen atoms in total. The number of nitrogens with zero attached hydrogens (tertiary/aromatic N) is 2. The Morgan fingerprint density at radius 3 is 2.83 bits per heavy atom. The van der Waals surface area contributed by atoms with Crippen LogP contribution in [-0.2, 0) is 9.53 Å². The van der Waals surface area contributed by atoms with Gasteiger partial charge in [-0.05, 0) is 61.6 Å². The maximum Gasteiger partial charge on any atom is 0.306 e. The predicted octanol–water partition coefficient (Wildman–Crippen LogP) is 4.25. The molecular weight excluding hydrogens is 288 g/mol. The molecule has 1 aliphatic rings. The van der Waals surface area contributed by atoms with Gasteiger partial charge in [-0.1, -0.05) is 6.92 Å². The van der Waals surface area contributed by atoms with Gasteiger partial charge in [0.2, 0.25) is 0 Å². The molecule has 1 saturated carbocycles. The van der Waals surface area contributed by atoms with Crippen LogP contribution in [0.1, 0.15) is 57.4 Å². The van der Waals surface area contributed by atoms with Crippen molar-refractivity contribution in [3.8, 4) is 0 Å². The van der Waals surface area contributed by atoms with Crippen molar-refractivity contribution < 1.29 is 9.53 Å². The molecule has 23 heavy (non-hydrogen) atoms. The highest BCUT2D eigenvalue weighted by Crippen LogP contribution is 2.45. The second-order valence-electron chi connectivity index (χ2n) is 6.86. The number of carbonyl (C=O) groups is 1. The third-order valence-corrected chi connectivity index (χ3v) is 5.09. The quantitative estimate of drug-likeness (QED) is 0.792. The predicted molar refractivity (Wildman–Crippen MR) is 90.1 cm³/mol. The zero-order valence-corrected chi connectivity index (χ0v) is 13.9. The highest BCUT2D eigenvalue weighted by Gasteiger charge is 2.34. The van der Waals surface area contributed by atoms with E-state index in [2.05, 4.69) is 23.0 Å². The molecule has 0 saturated heterocycles. The third kappa shape index (κ3) is 3.52. The summed E-state index contributed by atoms with van der Waals surface area (Å²) in [5.74, 6) is 0.465. The Hall–Kier alpha value is -1.97. The lowest BCUT2D eigenvalue weighted by Crippen LogP contribution is -2.27. The first-order chi connectivity index (χ1) is 11.1. The van der Waals surface area contributed by atoms with Crippen LogP contribution in [0.3, 0.4) is 0 Å². The van der Waals surface area contributed by atoms with Gasteiger partial charge in [0.15, 0.2) is 0 Å². The Morgan fingerprint density at radius 2 is 2.09 bits per heavy atom. The topological polar surface area (TPSA) is 52.1 Å². The molecule has 3 rings (SSSR count).